The van der Waals surface area contributed by atoms with Gasteiger partial charge in [0.05, 0.1) is 25.1 Å². The second kappa shape index (κ2) is 7.74. The van der Waals surface area contributed by atoms with Crippen molar-refractivity contribution in [1.29, 1.82) is 10.5 Å². The van der Waals surface area contributed by atoms with E-state index in [9.17, 15) is 30.2 Å². The van der Waals surface area contributed by atoms with Crippen LogP contribution >= 0.6 is 0 Å². The zero-order valence-corrected chi connectivity index (χ0v) is 20.4. The van der Waals surface area contributed by atoms with Crippen molar-refractivity contribution in [2.45, 2.75) is 29.8 Å². The number of para-hydroxylation sites is 2. The van der Waals surface area contributed by atoms with Crippen LogP contribution in [0.15, 0.2) is 78.9 Å². The number of carbonyl (C=O) groups is 2. The van der Waals surface area contributed by atoms with Crippen LogP contribution in [0.4, 0.5) is 11.4 Å². The highest BCUT2D eigenvalue weighted by molar-refractivity contribution is 6.20. The summed E-state index contributed by atoms with van der Waals surface area (Å²) in [4.78, 5) is 44.4. The first-order chi connectivity index (χ1) is 18.3. The predicted molar refractivity (Wildman–Crippen MR) is 136 cm³/mol. The number of hydrogen-bond donors (Lipinski definition) is 0. The molecule has 3 unspecified atom stereocenters. The van der Waals surface area contributed by atoms with Gasteiger partial charge in [-0.25, -0.2) is 0 Å². The predicted octanol–water partition coefficient (Wildman–Crippen LogP) is 3.47. The molecule has 2 heterocycles. The van der Waals surface area contributed by atoms with E-state index in [1.165, 1.54) is 16.8 Å². The first-order valence-electron chi connectivity index (χ1n) is 12.1. The molecule has 38 heavy (non-hydrogen) atoms. The van der Waals surface area contributed by atoms with Gasteiger partial charge in [0.25, 0.3) is 0 Å². The lowest BCUT2D eigenvalue weighted by molar-refractivity contribution is -0.529. The molecule has 186 valence electrons. The summed E-state index contributed by atoms with van der Waals surface area (Å²) in [7, 11) is 1.51. The Hall–Kier alpha value is -5.02. The second-order valence-corrected chi connectivity index (χ2v) is 9.97. The highest BCUT2D eigenvalue weighted by Crippen LogP contribution is 2.71. The molecule has 2 spiro atoms. The van der Waals surface area contributed by atoms with E-state index in [0.29, 0.717) is 11.4 Å². The molecule has 0 N–H and O–H groups in total. The molecule has 9 nitrogen and oxygen atoms in total. The van der Waals surface area contributed by atoms with Gasteiger partial charge in [-0.3, -0.25) is 19.7 Å². The van der Waals surface area contributed by atoms with E-state index >= 15 is 0 Å². The Kier molecular flexibility index (Phi) is 4.76. The molecule has 1 fully saturated rings. The summed E-state index contributed by atoms with van der Waals surface area (Å²) in [6.45, 7) is 0.108. The second-order valence-electron chi connectivity index (χ2n) is 9.97. The Morgan fingerprint density at radius 3 is 2.11 bits per heavy atom. The monoisotopic (exact) mass is 503 g/mol. The Balaban J connectivity index is 1.76. The average molecular weight is 504 g/mol. The molecular weight excluding hydrogens is 482 g/mol. The van der Waals surface area contributed by atoms with Gasteiger partial charge < -0.3 is 9.80 Å². The number of carbonyl (C=O) groups excluding carboxylic acids is 2. The maximum absolute atomic E-state index is 14.9. The highest BCUT2D eigenvalue weighted by Gasteiger charge is 2.88. The van der Waals surface area contributed by atoms with E-state index in [1.807, 2.05) is 42.5 Å². The molecule has 9 heteroatoms. The molecule has 0 radical (unpaired) electrons. The van der Waals surface area contributed by atoms with E-state index in [2.05, 4.69) is 0 Å². The van der Waals surface area contributed by atoms with Gasteiger partial charge in [0.1, 0.15) is 5.41 Å². The van der Waals surface area contributed by atoms with E-state index in [0.717, 1.165) is 5.56 Å². The Bertz CT molecular complexity index is 1610. The first-order valence-corrected chi connectivity index (χ1v) is 12.1. The molecule has 0 saturated heterocycles. The molecule has 0 bridgehead atoms. The van der Waals surface area contributed by atoms with Crippen molar-refractivity contribution < 1.29 is 14.5 Å². The molecular formula is C29H21N5O4. The average Bonchev–Trinajstić information content (AvgIpc) is 3.46. The molecule has 2 amide bonds. The van der Waals surface area contributed by atoms with Gasteiger partial charge in [0.15, 0.2) is 10.8 Å². The highest BCUT2D eigenvalue weighted by atomic mass is 16.6. The zero-order valence-electron chi connectivity index (χ0n) is 20.4. The number of anilines is 2. The van der Waals surface area contributed by atoms with Crippen molar-refractivity contribution in [1.82, 2.24) is 0 Å². The van der Waals surface area contributed by atoms with Crippen LogP contribution in [-0.2, 0) is 27.0 Å². The van der Waals surface area contributed by atoms with Crippen LogP contribution in [0, 0.1) is 38.2 Å². The first kappa shape index (κ1) is 23.4. The topological polar surface area (TPSA) is 131 Å². The summed E-state index contributed by atoms with van der Waals surface area (Å²) in [6.07, 6.45) is -0.569. The van der Waals surface area contributed by atoms with Crippen molar-refractivity contribution in [2.24, 2.45) is 5.41 Å². The molecule has 1 saturated carbocycles. The summed E-state index contributed by atoms with van der Waals surface area (Å²) < 4.78 is 0. The van der Waals surface area contributed by atoms with Gasteiger partial charge in [-0.05, 0) is 28.8 Å². The molecule has 3 aromatic rings. The third-order valence-corrected chi connectivity index (χ3v) is 8.55. The summed E-state index contributed by atoms with van der Waals surface area (Å²) in [5, 5.41) is 34.0. The Morgan fingerprint density at radius 2 is 1.47 bits per heavy atom. The molecule has 2 aliphatic heterocycles. The molecule has 1 aliphatic carbocycles. The SMILES string of the molecule is CN1C(=O)C2(c3ccccc31)C(C#N)(C#N)CC([N+](=O)[O-])C21C(=O)N(Cc2ccccc2)c2ccccc21. The standard InChI is InChI=1S/C29H21N5O4/c1-32-22-13-7-6-12-21(22)29(26(32)36)27(17-30,18-31)15-24(34(37)38)28(29)20-11-5-8-14-23(20)33(25(28)35)16-19-9-3-2-4-10-19/h2-14,24H,15-16H2,1H3. The van der Waals surface area contributed by atoms with Gasteiger partial charge in [-0.2, -0.15) is 10.5 Å². The molecule has 6 rings (SSSR count). The van der Waals surface area contributed by atoms with Crippen molar-refractivity contribution in [3.63, 3.8) is 0 Å². The van der Waals surface area contributed by atoms with Crippen LogP contribution in [0.5, 0.6) is 0 Å². The number of fused-ring (bicyclic) bond motifs is 5. The van der Waals surface area contributed by atoms with Crippen LogP contribution in [0.1, 0.15) is 23.1 Å². The fourth-order valence-corrected chi connectivity index (χ4v) is 7.14. The van der Waals surface area contributed by atoms with Gasteiger partial charge in [0.2, 0.25) is 17.9 Å². The van der Waals surface area contributed by atoms with Crippen LogP contribution in [-0.4, -0.2) is 29.8 Å². The number of benzene rings is 3. The lowest BCUT2D eigenvalue weighted by Crippen LogP contribution is -2.65. The summed E-state index contributed by atoms with van der Waals surface area (Å²) in [6, 6.07) is 24.9. The van der Waals surface area contributed by atoms with Crippen molar-refractivity contribution in [2.75, 3.05) is 16.8 Å². The van der Waals surface area contributed by atoms with Gasteiger partial charge in [-0.15, -0.1) is 0 Å². The largest absolute Gasteiger partial charge is 0.314 e. The fourth-order valence-electron chi connectivity index (χ4n) is 7.14. The minimum atomic E-state index is -2.17. The minimum Gasteiger partial charge on any atom is -0.314 e. The van der Waals surface area contributed by atoms with Gasteiger partial charge in [-0.1, -0.05) is 66.7 Å². The van der Waals surface area contributed by atoms with Crippen LogP contribution in [0.25, 0.3) is 0 Å². The van der Waals surface area contributed by atoms with Crippen molar-refractivity contribution in [3.05, 3.63) is 106 Å². The molecule has 3 aliphatic rings. The van der Waals surface area contributed by atoms with E-state index < -0.39 is 45.4 Å². The normalized spacial score (nSPS) is 26.3. The minimum absolute atomic E-state index is 0.108. The maximum Gasteiger partial charge on any atom is 0.246 e. The van der Waals surface area contributed by atoms with Crippen molar-refractivity contribution in [3.8, 4) is 12.1 Å². The Labute approximate surface area is 218 Å². The maximum atomic E-state index is 14.9. The Morgan fingerprint density at radius 1 is 0.895 bits per heavy atom. The summed E-state index contributed by atoms with van der Waals surface area (Å²) >= 11 is 0. The summed E-state index contributed by atoms with van der Waals surface area (Å²) in [5.74, 6) is -1.33. The third-order valence-electron chi connectivity index (χ3n) is 8.55. The quantitative estimate of drug-likeness (QED) is 0.397. The number of likely N-dealkylation sites (N-methyl/N-ethyl adjacent to an activating group) is 1. The number of nitrogens with zero attached hydrogens (tertiary/aromatic N) is 5. The lowest BCUT2D eigenvalue weighted by atomic mass is 9.51. The number of rotatable bonds is 3. The zero-order chi connectivity index (χ0) is 26.9. The van der Waals surface area contributed by atoms with Gasteiger partial charge in [0, 0.05) is 23.3 Å². The number of amides is 2. The van der Waals surface area contributed by atoms with Crippen LogP contribution in [0.2, 0.25) is 0 Å². The third kappa shape index (κ3) is 2.39. The molecule has 3 atom stereocenters. The van der Waals surface area contributed by atoms with E-state index in [1.54, 1.807) is 48.5 Å². The fraction of sp³-hybridized carbons (Fsp3) is 0.241. The van der Waals surface area contributed by atoms with E-state index in [4.69, 9.17) is 0 Å². The lowest BCUT2D eigenvalue weighted by Gasteiger charge is -2.42. The van der Waals surface area contributed by atoms with Crippen LogP contribution in [0.3, 0.4) is 0 Å². The number of nitro groups is 1. The molecule has 3 aromatic carbocycles. The van der Waals surface area contributed by atoms with Gasteiger partial charge >= 0.3 is 0 Å². The van der Waals surface area contributed by atoms with Crippen LogP contribution < -0.4 is 9.80 Å². The summed E-state index contributed by atoms with van der Waals surface area (Å²) in [5.41, 5.74) is -4.22. The molecule has 0 aromatic heterocycles. The van der Waals surface area contributed by atoms with Crippen molar-refractivity contribution >= 4 is 23.2 Å². The number of nitriles is 2. The van der Waals surface area contributed by atoms with E-state index in [-0.39, 0.29) is 17.7 Å². The smallest absolute Gasteiger partial charge is 0.246 e. The number of hydrogen-bond acceptors (Lipinski definition) is 6.